The molecule has 2 unspecified atom stereocenters. The lowest BCUT2D eigenvalue weighted by Gasteiger charge is -2.19. The van der Waals surface area contributed by atoms with E-state index in [9.17, 15) is 15.0 Å². The summed E-state index contributed by atoms with van der Waals surface area (Å²) in [5, 5.41) is 22.0. The van der Waals surface area contributed by atoms with E-state index in [1.807, 2.05) is 6.08 Å². The Balaban J connectivity index is 3.33. The highest BCUT2D eigenvalue weighted by atomic mass is 16.3. The number of nitrogens with one attached hydrogen (secondary N) is 1. The molecule has 0 heterocycles. The topological polar surface area (TPSA) is 69.6 Å². The molecule has 0 aromatic carbocycles. The maximum atomic E-state index is 11.4. The van der Waals surface area contributed by atoms with Crippen LogP contribution >= 0.6 is 0 Å². The second-order valence-electron chi connectivity index (χ2n) is 11.5. The highest BCUT2D eigenvalue weighted by Crippen LogP contribution is 2.15. The highest BCUT2D eigenvalue weighted by molar-refractivity contribution is 5.75. The number of carbonyl (C=O) groups excluding carboxylic acids is 1. The van der Waals surface area contributed by atoms with Crippen molar-refractivity contribution in [3.05, 3.63) is 24.3 Å². The fourth-order valence-electron chi connectivity index (χ4n) is 5.04. The van der Waals surface area contributed by atoms with E-state index in [0.29, 0.717) is 6.42 Å². The quantitative estimate of drug-likeness (QED) is 0.0617. The first-order valence-electron chi connectivity index (χ1n) is 17.1. The Morgan fingerprint density at radius 2 is 0.974 bits per heavy atom. The van der Waals surface area contributed by atoms with Gasteiger partial charge in [0.25, 0.3) is 0 Å². The molecule has 0 radical (unpaired) electrons. The number of hydrogen-bond donors (Lipinski definition) is 3. The minimum atomic E-state index is -0.853. The van der Waals surface area contributed by atoms with E-state index in [1.54, 1.807) is 13.0 Å². The maximum Gasteiger partial charge on any atom is 0.220 e. The van der Waals surface area contributed by atoms with Gasteiger partial charge in [-0.15, -0.1) is 0 Å². The number of rotatable bonds is 30. The van der Waals surface area contributed by atoms with Crippen molar-refractivity contribution in [1.82, 2.24) is 5.32 Å². The summed E-state index contributed by atoms with van der Waals surface area (Å²) < 4.78 is 0. The van der Waals surface area contributed by atoms with Crippen LogP contribution in [0.1, 0.15) is 174 Å². The van der Waals surface area contributed by atoms with Gasteiger partial charge in [-0.25, -0.2) is 0 Å². The summed E-state index contributed by atoms with van der Waals surface area (Å²) in [5.41, 5.74) is 0. The summed E-state index contributed by atoms with van der Waals surface area (Å²) in [5.74, 6) is -0.162. The molecular weight excluding hydrogens is 482 g/mol. The molecule has 39 heavy (non-hydrogen) atoms. The summed E-state index contributed by atoms with van der Waals surface area (Å²) >= 11 is 0. The van der Waals surface area contributed by atoms with E-state index in [1.165, 1.54) is 135 Å². The predicted molar refractivity (Wildman–Crippen MR) is 170 cm³/mol. The van der Waals surface area contributed by atoms with Crippen molar-refractivity contribution in [3.63, 3.8) is 0 Å². The van der Waals surface area contributed by atoms with E-state index < -0.39 is 12.1 Å². The second kappa shape index (κ2) is 31.4. The van der Waals surface area contributed by atoms with Crippen LogP contribution in [-0.4, -0.2) is 34.9 Å². The summed E-state index contributed by atoms with van der Waals surface area (Å²) in [7, 11) is 0. The molecule has 0 rings (SSSR count). The van der Waals surface area contributed by atoms with Gasteiger partial charge in [0.05, 0.1) is 18.8 Å². The molecule has 0 bridgehead atoms. The molecule has 2 atom stereocenters. The van der Waals surface area contributed by atoms with Gasteiger partial charge in [-0.3, -0.25) is 4.79 Å². The lowest BCUT2D eigenvalue weighted by atomic mass is 10.0. The standard InChI is InChI=1S/C35H67NO3/c1-3-5-6-7-8-9-10-11-12-13-14-15-16-17-18-19-20-21-22-23-24-25-26-27-28-29-30-31-34(38)33(32-37)36-35(39)4-2/h26-27,30-31,33-34,37-38H,3-25,28-29,32H2,1-2H3,(H,36,39)/b27-26+,31-30+. The monoisotopic (exact) mass is 550 g/mol. The van der Waals surface area contributed by atoms with Gasteiger partial charge >= 0.3 is 0 Å². The molecule has 0 aromatic rings. The minimum absolute atomic E-state index is 0.162. The van der Waals surface area contributed by atoms with Crippen LogP contribution in [0, 0.1) is 0 Å². The minimum Gasteiger partial charge on any atom is -0.394 e. The first-order chi connectivity index (χ1) is 19.2. The van der Waals surface area contributed by atoms with Crippen LogP contribution in [-0.2, 0) is 4.79 Å². The van der Waals surface area contributed by atoms with Crippen molar-refractivity contribution >= 4 is 5.91 Å². The van der Waals surface area contributed by atoms with Gasteiger partial charge in [0.2, 0.25) is 5.91 Å². The summed E-state index contributed by atoms with van der Waals surface area (Å²) in [4.78, 5) is 11.4. The number of hydrogen-bond acceptors (Lipinski definition) is 3. The smallest absolute Gasteiger partial charge is 0.220 e. The van der Waals surface area contributed by atoms with Crippen LogP contribution in [0.25, 0.3) is 0 Å². The zero-order valence-electron chi connectivity index (χ0n) is 26.2. The lowest BCUT2D eigenvalue weighted by molar-refractivity contribution is -0.122. The molecule has 0 aromatic heterocycles. The number of unbranched alkanes of at least 4 members (excludes halogenated alkanes) is 22. The Hall–Kier alpha value is -1.13. The van der Waals surface area contributed by atoms with E-state index >= 15 is 0 Å². The molecule has 4 nitrogen and oxygen atoms in total. The van der Waals surface area contributed by atoms with Crippen LogP contribution in [0.3, 0.4) is 0 Å². The van der Waals surface area contributed by atoms with Crippen LogP contribution in [0.2, 0.25) is 0 Å². The number of allylic oxidation sites excluding steroid dienone is 3. The predicted octanol–water partition coefficient (Wildman–Crippen LogP) is 9.73. The Kier molecular flexibility index (Phi) is 30.5. The van der Waals surface area contributed by atoms with Crippen molar-refractivity contribution < 1.29 is 15.0 Å². The van der Waals surface area contributed by atoms with E-state index in [4.69, 9.17) is 0 Å². The third-order valence-electron chi connectivity index (χ3n) is 7.75. The Labute approximate surface area is 243 Å². The molecule has 0 saturated carbocycles. The van der Waals surface area contributed by atoms with Gasteiger partial charge in [0.1, 0.15) is 0 Å². The number of aliphatic hydroxyl groups is 2. The fourth-order valence-corrected chi connectivity index (χ4v) is 5.04. The van der Waals surface area contributed by atoms with Crippen LogP contribution in [0.15, 0.2) is 24.3 Å². The lowest BCUT2D eigenvalue weighted by Crippen LogP contribution is -2.44. The van der Waals surface area contributed by atoms with E-state index in [0.717, 1.165) is 19.3 Å². The molecule has 1 amide bonds. The summed E-state index contributed by atoms with van der Waals surface area (Å²) in [6.07, 6.45) is 40.4. The van der Waals surface area contributed by atoms with Gasteiger partial charge in [-0.2, -0.15) is 0 Å². The number of carbonyl (C=O) groups is 1. The number of amides is 1. The molecule has 0 saturated heterocycles. The summed E-state index contributed by atoms with van der Waals surface area (Å²) in [6, 6.07) is -0.631. The Bertz CT molecular complexity index is 560. The van der Waals surface area contributed by atoms with Crippen molar-refractivity contribution in [2.45, 2.75) is 187 Å². The third-order valence-corrected chi connectivity index (χ3v) is 7.75. The van der Waals surface area contributed by atoms with Crippen molar-refractivity contribution in [3.8, 4) is 0 Å². The largest absolute Gasteiger partial charge is 0.394 e. The zero-order valence-corrected chi connectivity index (χ0v) is 26.2. The molecule has 0 aliphatic rings. The first kappa shape index (κ1) is 37.9. The molecule has 0 spiro atoms. The van der Waals surface area contributed by atoms with Crippen LogP contribution in [0.4, 0.5) is 0 Å². The highest BCUT2D eigenvalue weighted by Gasteiger charge is 2.17. The van der Waals surface area contributed by atoms with E-state index in [2.05, 4.69) is 24.4 Å². The first-order valence-corrected chi connectivity index (χ1v) is 17.1. The van der Waals surface area contributed by atoms with Gasteiger partial charge < -0.3 is 15.5 Å². The van der Waals surface area contributed by atoms with Crippen molar-refractivity contribution in [1.29, 1.82) is 0 Å². The molecule has 3 N–H and O–H groups in total. The molecule has 0 aliphatic heterocycles. The number of aliphatic hydroxyl groups excluding tert-OH is 2. The summed E-state index contributed by atoms with van der Waals surface area (Å²) in [6.45, 7) is 3.78. The van der Waals surface area contributed by atoms with Gasteiger partial charge in [0, 0.05) is 6.42 Å². The molecule has 4 heteroatoms. The second-order valence-corrected chi connectivity index (χ2v) is 11.5. The zero-order chi connectivity index (χ0) is 28.7. The van der Waals surface area contributed by atoms with Gasteiger partial charge in [-0.05, 0) is 25.7 Å². The van der Waals surface area contributed by atoms with Crippen molar-refractivity contribution in [2.75, 3.05) is 6.61 Å². The maximum absolute atomic E-state index is 11.4. The molecule has 0 fully saturated rings. The molecule has 0 aliphatic carbocycles. The third kappa shape index (κ3) is 28.2. The Morgan fingerprint density at radius 1 is 0.590 bits per heavy atom. The average molecular weight is 550 g/mol. The van der Waals surface area contributed by atoms with E-state index in [-0.39, 0.29) is 12.5 Å². The Morgan fingerprint density at radius 3 is 1.38 bits per heavy atom. The average Bonchev–Trinajstić information content (AvgIpc) is 2.95. The van der Waals surface area contributed by atoms with Crippen LogP contribution in [0.5, 0.6) is 0 Å². The SMILES string of the molecule is CCCCCCCCCCCCCCCCCCCCCCC/C=C/CC/C=C/C(O)C(CO)NC(=O)CC. The van der Waals surface area contributed by atoms with Crippen molar-refractivity contribution in [2.24, 2.45) is 0 Å². The van der Waals surface area contributed by atoms with Crippen LogP contribution < -0.4 is 5.32 Å². The molecular formula is C35H67NO3. The normalized spacial score (nSPS) is 13.4. The fraction of sp³-hybridized carbons (Fsp3) is 0.857. The molecule has 230 valence electrons. The van der Waals surface area contributed by atoms with Gasteiger partial charge in [0.15, 0.2) is 0 Å². The van der Waals surface area contributed by atoms with Gasteiger partial charge in [-0.1, -0.05) is 167 Å².